The van der Waals surface area contributed by atoms with Crippen LogP contribution in [0.3, 0.4) is 0 Å². The molecule has 17 heavy (non-hydrogen) atoms. The van der Waals surface area contributed by atoms with Crippen LogP contribution in [0, 0.1) is 5.41 Å². The van der Waals surface area contributed by atoms with Gasteiger partial charge in [-0.1, -0.05) is 20.8 Å². The van der Waals surface area contributed by atoms with Crippen molar-refractivity contribution in [2.24, 2.45) is 5.41 Å². The number of likely N-dealkylation sites (N-methyl/N-ethyl adjacent to an activating group) is 1. The van der Waals surface area contributed by atoms with Crippen LogP contribution < -0.4 is 5.32 Å². The lowest BCUT2D eigenvalue weighted by atomic mass is 9.85. The second-order valence-electron chi connectivity index (χ2n) is 6.08. The van der Waals surface area contributed by atoms with E-state index >= 15 is 0 Å². The van der Waals surface area contributed by atoms with Gasteiger partial charge in [0.1, 0.15) is 0 Å². The van der Waals surface area contributed by atoms with Crippen LogP contribution in [0.1, 0.15) is 34.1 Å². The van der Waals surface area contributed by atoms with E-state index in [2.05, 4.69) is 64.0 Å². The lowest BCUT2D eigenvalue weighted by Gasteiger charge is -2.37. The molecule has 0 amide bonds. The lowest BCUT2D eigenvalue weighted by molar-refractivity contribution is 0.137. The third kappa shape index (κ3) is 7.02. The van der Waals surface area contributed by atoms with E-state index in [4.69, 9.17) is 0 Å². The fourth-order valence-electron chi connectivity index (χ4n) is 2.03. The summed E-state index contributed by atoms with van der Waals surface area (Å²) in [7, 11) is 6.34. The highest BCUT2D eigenvalue weighted by molar-refractivity contribution is 4.83. The molecule has 0 aromatic rings. The van der Waals surface area contributed by atoms with Crippen LogP contribution in [0.2, 0.25) is 0 Å². The van der Waals surface area contributed by atoms with Crippen LogP contribution in [0.15, 0.2) is 0 Å². The Balaban J connectivity index is 4.31. The van der Waals surface area contributed by atoms with E-state index in [9.17, 15) is 0 Å². The van der Waals surface area contributed by atoms with Crippen molar-refractivity contribution in [1.82, 2.24) is 15.1 Å². The zero-order valence-electron chi connectivity index (χ0n) is 13.0. The quantitative estimate of drug-likeness (QED) is 0.667. The number of nitrogens with zero attached hydrogens (tertiary/aromatic N) is 2. The average molecular weight is 243 g/mol. The molecule has 0 radical (unpaired) electrons. The third-order valence-corrected chi connectivity index (χ3v) is 3.64. The van der Waals surface area contributed by atoms with Gasteiger partial charge in [-0.05, 0) is 46.4 Å². The van der Waals surface area contributed by atoms with E-state index < -0.39 is 0 Å². The fraction of sp³-hybridized carbons (Fsp3) is 1.00. The first-order chi connectivity index (χ1) is 7.83. The minimum Gasteiger partial charge on any atom is -0.317 e. The first-order valence-corrected chi connectivity index (χ1v) is 6.87. The van der Waals surface area contributed by atoms with Crippen molar-refractivity contribution < 1.29 is 0 Å². The molecule has 0 fully saturated rings. The Morgan fingerprint density at radius 3 is 2.12 bits per heavy atom. The highest BCUT2D eigenvalue weighted by Gasteiger charge is 2.26. The van der Waals surface area contributed by atoms with Crippen molar-refractivity contribution in [3.8, 4) is 0 Å². The summed E-state index contributed by atoms with van der Waals surface area (Å²) in [6.07, 6.45) is 1.23. The van der Waals surface area contributed by atoms with Gasteiger partial charge in [0.25, 0.3) is 0 Å². The van der Waals surface area contributed by atoms with Crippen molar-refractivity contribution in [3.05, 3.63) is 0 Å². The first-order valence-electron chi connectivity index (χ1n) is 6.87. The van der Waals surface area contributed by atoms with Gasteiger partial charge in [-0.15, -0.1) is 0 Å². The summed E-state index contributed by atoms with van der Waals surface area (Å²) in [6.45, 7) is 13.9. The molecule has 0 aliphatic rings. The van der Waals surface area contributed by atoms with E-state index in [1.165, 1.54) is 19.5 Å². The monoisotopic (exact) mass is 243 g/mol. The maximum atomic E-state index is 3.38. The fourth-order valence-corrected chi connectivity index (χ4v) is 2.03. The zero-order valence-corrected chi connectivity index (χ0v) is 13.0. The molecule has 0 aliphatic carbocycles. The maximum absolute atomic E-state index is 3.38. The van der Waals surface area contributed by atoms with Gasteiger partial charge in [-0.2, -0.15) is 0 Å². The van der Waals surface area contributed by atoms with Crippen molar-refractivity contribution in [2.75, 3.05) is 47.3 Å². The SMILES string of the molecule is CCCN(CCN(C)C)CC(C)(C)C(C)NC. The van der Waals surface area contributed by atoms with Crippen LogP contribution in [0.4, 0.5) is 0 Å². The maximum Gasteiger partial charge on any atom is 0.0109 e. The summed E-state index contributed by atoms with van der Waals surface area (Å²) in [5, 5.41) is 3.38. The van der Waals surface area contributed by atoms with E-state index in [0.717, 1.165) is 13.1 Å². The Hall–Kier alpha value is -0.120. The van der Waals surface area contributed by atoms with Gasteiger partial charge in [-0.3, -0.25) is 0 Å². The van der Waals surface area contributed by atoms with Gasteiger partial charge in [0, 0.05) is 25.7 Å². The van der Waals surface area contributed by atoms with Gasteiger partial charge in [0.15, 0.2) is 0 Å². The second kappa shape index (κ2) is 8.06. The molecule has 0 saturated carbocycles. The molecule has 1 unspecified atom stereocenters. The Morgan fingerprint density at radius 1 is 1.12 bits per heavy atom. The largest absolute Gasteiger partial charge is 0.317 e. The normalized spacial score (nSPS) is 14.6. The van der Waals surface area contributed by atoms with E-state index in [0.29, 0.717) is 11.5 Å². The number of hydrogen-bond donors (Lipinski definition) is 1. The highest BCUT2D eigenvalue weighted by Crippen LogP contribution is 2.21. The lowest BCUT2D eigenvalue weighted by Crippen LogP contribution is -2.47. The third-order valence-electron chi connectivity index (χ3n) is 3.64. The van der Waals surface area contributed by atoms with Gasteiger partial charge >= 0.3 is 0 Å². The minimum absolute atomic E-state index is 0.316. The van der Waals surface area contributed by atoms with Crippen LogP contribution in [0.25, 0.3) is 0 Å². The molecule has 1 atom stereocenters. The molecule has 0 spiro atoms. The molecule has 0 bridgehead atoms. The van der Waals surface area contributed by atoms with Crippen LogP contribution >= 0.6 is 0 Å². The van der Waals surface area contributed by atoms with E-state index in [-0.39, 0.29) is 0 Å². The predicted molar refractivity (Wildman–Crippen MR) is 77.6 cm³/mol. The highest BCUT2D eigenvalue weighted by atomic mass is 15.2. The zero-order chi connectivity index (χ0) is 13.5. The molecule has 3 nitrogen and oxygen atoms in total. The average Bonchev–Trinajstić information content (AvgIpc) is 2.24. The smallest absolute Gasteiger partial charge is 0.0109 e. The minimum atomic E-state index is 0.316. The molecule has 1 N–H and O–H groups in total. The van der Waals surface area contributed by atoms with Crippen LogP contribution in [0.5, 0.6) is 0 Å². The summed E-state index contributed by atoms with van der Waals surface area (Å²) in [5.74, 6) is 0. The van der Waals surface area contributed by atoms with Gasteiger partial charge in [-0.25, -0.2) is 0 Å². The standard InChI is InChI=1S/C14H33N3/c1-8-9-17(11-10-16(6)7)12-14(3,4)13(2)15-5/h13,15H,8-12H2,1-7H3. The summed E-state index contributed by atoms with van der Waals surface area (Å²) in [4.78, 5) is 4.85. The molecule has 0 saturated heterocycles. The summed E-state index contributed by atoms with van der Waals surface area (Å²) in [6, 6.07) is 0.543. The molecular weight excluding hydrogens is 210 g/mol. The summed E-state index contributed by atoms with van der Waals surface area (Å²) < 4.78 is 0. The Kier molecular flexibility index (Phi) is 8.01. The van der Waals surface area contributed by atoms with Gasteiger partial charge < -0.3 is 15.1 Å². The Labute approximate surface area is 109 Å². The van der Waals surface area contributed by atoms with Crippen molar-refractivity contribution >= 4 is 0 Å². The topological polar surface area (TPSA) is 18.5 Å². The molecule has 104 valence electrons. The summed E-state index contributed by atoms with van der Waals surface area (Å²) in [5.41, 5.74) is 0.316. The van der Waals surface area contributed by atoms with Crippen LogP contribution in [-0.4, -0.2) is 63.2 Å². The molecule has 0 aliphatic heterocycles. The van der Waals surface area contributed by atoms with E-state index in [1.807, 2.05) is 0 Å². The van der Waals surface area contributed by atoms with Crippen molar-refractivity contribution in [1.29, 1.82) is 0 Å². The number of hydrogen-bond acceptors (Lipinski definition) is 3. The molecule has 0 heterocycles. The molecule has 0 aromatic heterocycles. The van der Waals surface area contributed by atoms with Crippen LogP contribution in [-0.2, 0) is 0 Å². The van der Waals surface area contributed by atoms with Gasteiger partial charge in [0.2, 0.25) is 0 Å². The molecule has 0 rings (SSSR count). The Bertz CT molecular complexity index is 190. The van der Waals surface area contributed by atoms with Crippen molar-refractivity contribution in [2.45, 2.75) is 40.2 Å². The summed E-state index contributed by atoms with van der Waals surface area (Å²) >= 11 is 0. The molecule has 3 heteroatoms. The Morgan fingerprint density at radius 2 is 1.71 bits per heavy atom. The van der Waals surface area contributed by atoms with Gasteiger partial charge in [0.05, 0.1) is 0 Å². The van der Waals surface area contributed by atoms with E-state index in [1.54, 1.807) is 0 Å². The number of nitrogens with one attached hydrogen (secondary N) is 1. The predicted octanol–water partition coefficient (Wildman–Crippen LogP) is 1.89. The first kappa shape index (κ1) is 16.9. The second-order valence-corrected chi connectivity index (χ2v) is 6.08. The molecular formula is C14H33N3. The van der Waals surface area contributed by atoms with Crippen molar-refractivity contribution in [3.63, 3.8) is 0 Å². The molecule has 0 aromatic carbocycles. The number of rotatable bonds is 9.